The van der Waals surface area contributed by atoms with Crippen LogP contribution in [-0.4, -0.2) is 45.8 Å². The SMILES string of the molecule is COc1ccc([C@H]2C3=CC[C@@H]4C(=O)N(c5cccc([N+](=O)[O-])c5)C(=O)[C@@H]4[C@@H]3C[C@H]3C(=O)N(Nc4ccc(F)cc4)C(=O)[C@@]23c2ccc(Cl)cc2)c(O)c1. The molecule has 2 N–H and O–H groups in total. The number of rotatable bonds is 7. The minimum atomic E-state index is -1.69. The number of aromatic hydroxyl groups is 1. The van der Waals surface area contributed by atoms with Gasteiger partial charge in [-0.2, -0.15) is 5.01 Å². The first-order chi connectivity index (χ1) is 25.4. The molecule has 6 atom stereocenters. The van der Waals surface area contributed by atoms with Crippen LogP contribution in [-0.2, 0) is 24.6 Å². The summed E-state index contributed by atoms with van der Waals surface area (Å²) >= 11 is 6.33. The van der Waals surface area contributed by atoms with E-state index in [1.54, 1.807) is 36.4 Å². The maximum atomic E-state index is 15.2. The minimum Gasteiger partial charge on any atom is -0.508 e. The van der Waals surface area contributed by atoms with E-state index in [9.17, 15) is 34.0 Å². The van der Waals surface area contributed by atoms with Gasteiger partial charge < -0.3 is 9.84 Å². The molecule has 4 amide bonds. The molecule has 8 rings (SSSR count). The topological polar surface area (TPSA) is 159 Å². The summed E-state index contributed by atoms with van der Waals surface area (Å²) in [4.78, 5) is 70.4. The van der Waals surface area contributed by atoms with E-state index < -0.39 is 69.4 Å². The summed E-state index contributed by atoms with van der Waals surface area (Å²) in [5.74, 6) is -7.52. The average Bonchev–Trinajstić information content (AvgIpc) is 3.53. The summed E-state index contributed by atoms with van der Waals surface area (Å²) in [6.45, 7) is 0. The van der Waals surface area contributed by atoms with Gasteiger partial charge in [-0.25, -0.2) is 9.29 Å². The second kappa shape index (κ2) is 12.6. The fourth-order valence-electron chi connectivity index (χ4n) is 8.89. The maximum absolute atomic E-state index is 15.2. The van der Waals surface area contributed by atoms with Crippen molar-refractivity contribution >= 4 is 52.3 Å². The number of nitro benzene ring substituents is 1. The van der Waals surface area contributed by atoms with Crippen molar-refractivity contribution in [2.75, 3.05) is 17.4 Å². The van der Waals surface area contributed by atoms with E-state index in [2.05, 4.69) is 5.43 Å². The predicted octanol–water partition coefficient (Wildman–Crippen LogP) is 6.29. The Kier molecular flexibility index (Phi) is 8.06. The van der Waals surface area contributed by atoms with Gasteiger partial charge in [0.25, 0.3) is 17.5 Å². The quantitative estimate of drug-likeness (QED) is 0.0962. The van der Waals surface area contributed by atoms with E-state index in [0.717, 1.165) is 9.91 Å². The summed E-state index contributed by atoms with van der Waals surface area (Å²) < 4.78 is 19.2. The number of hydrogen-bond donors (Lipinski definition) is 2. The van der Waals surface area contributed by atoms with Crippen molar-refractivity contribution in [3.05, 3.63) is 135 Å². The van der Waals surface area contributed by atoms with E-state index in [4.69, 9.17) is 16.3 Å². The lowest BCUT2D eigenvalue weighted by Crippen LogP contribution is -2.53. The van der Waals surface area contributed by atoms with Crippen LogP contribution in [0.15, 0.2) is 103 Å². The van der Waals surface area contributed by atoms with Gasteiger partial charge in [0.05, 0.1) is 46.6 Å². The zero-order valence-corrected chi connectivity index (χ0v) is 28.7. The van der Waals surface area contributed by atoms with Crippen molar-refractivity contribution in [3.63, 3.8) is 0 Å². The Morgan fingerprint density at radius 3 is 2.36 bits per heavy atom. The van der Waals surface area contributed by atoms with Crippen molar-refractivity contribution in [3.8, 4) is 11.5 Å². The number of phenolic OH excluding ortho intramolecular Hbond substituents is 1. The number of methoxy groups -OCH3 is 1. The first kappa shape index (κ1) is 34.0. The third-order valence-corrected chi connectivity index (χ3v) is 11.4. The lowest BCUT2D eigenvalue weighted by Gasteiger charge is -2.50. The van der Waals surface area contributed by atoms with Crippen molar-refractivity contribution in [2.24, 2.45) is 23.7 Å². The molecule has 4 aromatic rings. The maximum Gasteiger partial charge on any atom is 0.271 e. The zero-order valence-electron chi connectivity index (χ0n) is 27.9. The van der Waals surface area contributed by atoms with Crippen LogP contribution >= 0.6 is 11.6 Å². The number of carbonyl (C=O) groups excluding carboxylic acids is 4. The van der Waals surface area contributed by atoms with Gasteiger partial charge in [-0.3, -0.25) is 34.7 Å². The standard InChI is InChI=1S/C39H30ClFN4O8/c1-53-26-13-14-28(32(46)18-26)34-27-15-16-29-33(37(49)43(35(29)47)24-3-2-4-25(17-24)45(51)52)30(27)19-31-36(48)44(42-23-11-9-22(41)10-12-23)38(50)39(31,34)20-5-7-21(40)8-6-20/h2-15,17-18,29-31,33-34,42,46H,16,19H2,1H3/t29-,30+,31-,33-,34+,39+/m0/s1. The first-order valence-electron chi connectivity index (χ1n) is 16.8. The molecular weight excluding hydrogens is 707 g/mol. The molecule has 53 heavy (non-hydrogen) atoms. The first-order valence-corrected chi connectivity index (χ1v) is 17.2. The van der Waals surface area contributed by atoms with Gasteiger partial charge in [-0.1, -0.05) is 47.5 Å². The molecule has 3 fully saturated rings. The molecule has 0 spiro atoms. The van der Waals surface area contributed by atoms with Gasteiger partial charge in [0.15, 0.2) is 0 Å². The van der Waals surface area contributed by atoms with Crippen LogP contribution in [0.3, 0.4) is 0 Å². The molecule has 0 bridgehead atoms. The highest BCUT2D eigenvalue weighted by Crippen LogP contribution is 2.65. The molecule has 2 aliphatic carbocycles. The number of anilines is 2. The Balaban J connectivity index is 1.32. The number of phenols is 1. The number of carbonyl (C=O) groups is 4. The fourth-order valence-corrected chi connectivity index (χ4v) is 9.02. The van der Waals surface area contributed by atoms with Gasteiger partial charge >= 0.3 is 0 Å². The summed E-state index contributed by atoms with van der Waals surface area (Å²) in [5.41, 5.74) is 2.53. The summed E-state index contributed by atoms with van der Waals surface area (Å²) in [6, 6.07) is 21.6. The number of nitrogens with one attached hydrogen (secondary N) is 1. The molecule has 4 aromatic carbocycles. The van der Waals surface area contributed by atoms with Crippen LogP contribution in [0.1, 0.15) is 29.9 Å². The van der Waals surface area contributed by atoms with E-state index in [0.29, 0.717) is 21.9 Å². The van der Waals surface area contributed by atoms with Crippen LogP contribution in [0, 0.1) is 39.6 Å². The Hall–Kier alpha value is -6.08. The molecule has 2 heterocycles. The van der Waals surface area contributed by atoms with Crippen molar-refractivity contribution in [2.45, 2.75) is 24.2 Å². The number of benzene rings is 4. The molecule has 268 valence electrons. The van der Waals surface area contributed by atoms with Crippen molar-refractivity contribution in [1.29, 1.82) is 0 Å². The molecule has 14 heteroatoms. The van der Waals surface area contributed by atoms with E-state index >= 15 is 4.79 Å². The normalized spacial score (nSPS) is 26.2. The van der Waals surface area contributed by atoms with Crippen LogP contribution in [0.25, 0.3) is 0 Å². The Morgan fingerprint density at radius 1 is 0.943 bits per heavy atom. The number of fused-ring (bicyclic) bond motifs is 4. The number of halogens is 2. The van der Waals surface area contributed by atoms with Gasteiger partial charge in [0.2, 0.25) is 11.8 Å². The number of nitro groups is 1. The van der Waals surface area contributed by atoms with E-state index in [-0.39, 0.29) is 41.2 Å². The summed E-state index contributed by atoms with van der Waals surface area (Å²) in [6.07, 6.45) is 1.89. The zero-order chi connectivity index (χ0) is 37.3. The Labute approximate surface area is 306 Å². The molecule has 0 radical (unpaired) electrons. The fraction of sp³-hybridized carbons (Fsp3) is 0.231. The largest absolute Gasteiger partial charge is 0.508 e. The monoisotopic (exact) mass is 736 g/mol. The average molecular weight is 737 g/mol. The van der Waals surface area contributed by atoms with Crippen molar-refractivity contribution in [1.82, 2.24) is 5.01 Å². The van der Waals surface area contributed by atoms with Crippen LogP contribution in [0.4, 0.5) is 21.5 Å². The van der Waals surface area contributed by atoms with Gasteiger partial charge in [-0.05, 0) is 72.9 Å². The molecular formula is C39H30ClFN4O8. The molecule has 1 saturated carbocycles. The number of nitrogens with zero attached hydrogens (tertiary/aromatic N) is 3. The highest BCUT2D eigenvalue weighted by atomic mass is 35.5. The molecule has 2 saturated heterocycles. The summed E-state index contributed by atoms with van der Waals surface area (Å²) in [5, 5.41) is 24.5. The van der Waals surface area contributed by atoms with E-state index in [1.807, 2.05) is 6.08 Å². The third kappa shape index (κ3) is 5.09. The number of non-ortho nitro benzene ring substituents is 1. The number of imide groups is 2. The Morgan fingerprint density at radius 2 is 1.68 bits per heavy atom. The highest BCUT2D eigenvalue weighted by molar-refractivity contribution is 6.30. The van der Waals surface area contributed by atoms with Crippen molar-refractivity contribution < 1.29 is 38.3 Å². The van der Waals surface area contributed by atoms with Gasteiger partial charge in [0, 0.05) is 34.7 Å². The van der Waals surface area contributed by atoms with E-state index in [1.165, 1.54) is 61.7 Å². The highest BCUT2D eigenvalue weighted by Gasteiger charge is 2.70. The second-order valence-electron chi connectivity index (χ2n) is 13.6. The minimum absolute atomic E-state index is 0.0307. The lowest BCUT2D eigenvalue weighted by atomic mass is 9.49. The van der Waals surface area contributed by atoms with Gasteiger partial charge in [-0.15, -0.1) is 0 Å². The lowest BCUT2D eigenvalue weighted by molar-refractivity contribution is -0.384. The number of ether oxygens (including phenoxy) is 1. The molecule has 0 unspecified atom stereocenters. The molecule has 0 aromatic heterocycles. The third-order valence-electron chi connectivity index (χ3n) is 11.1. The van der Waals surface area contributed by atoms with Crippen LogP contribution in [0.5, 0.6) is 11.5 Å². The molecule has 4 aliphatic rings. The predicted molar refractivity (Wildman–Crippen MR) is 189 cm³/mol. The molecule has 2 aliphatic heterocycles. The second-order valence-corrected chi connectivity index (χ2v) is 14.0. The number of allylic oxidation sites excluding steroid dienone is 2. The van der Waals surface area contributed by atoms with Crippen LogP contribution in [0.2, 0.25) is 5.02 Å². The number of hydrogen-bond acceptors (Lipinski definition) is 9. The smallest absolute Gasteiger partial charge is 0.271 e. The van der Waals surface area contributed by atoms with Crippen LogP contribution < -0.4 is 15.1 Å². The van der Waals surface area contributed by atoms with Gasteiger partial charge in [0.1, 0.15) is 17.3 Å². The number of hydrazine groups is 1. The number of amides is 4. The molecule has 12 nitrogen and oxygen atoms in total. The summed E-state index contributed by atoms with van der Waals surface area (Å²) in [7, 11) is 1.44. The Bertz CT molecular complexity index is 2260.